The molecular weight excluding hydrogens is 225 g/mol. The van der Waals surface area contributed by atoms with Gasteiger partial charge in [-0.3, -0.25) is 0 Å². The van der Waals surface area contributed by atoms with Gasteiger partial charge in [0.05, 0.1) is 0 Å². The fourth-order valence-corrected chi connectivity index (χ4v) is 17.8. The van der Waals surface area contributed by atoms with Gasteiger partial charge in [0.1, 0.15) is 0 Å². The van der Waals surface area contributed by atoms with Gasteiger partial charge in [0, 0.05) is 0 Å². The van der Waals surface area contributed by atoms with Gasteiger partial charge in [0.25, 0.3) is 0 Å². The zero-order valence-electron chi connectivity index (χ0n) is 10.6. The van der Waals surface area contributed by atoms with E-state index in [1.807, 2.05) is 0 Å². The van der Waals surface area contributed by atoms with Crippen molar-refractivity contribution in [3.05, 3.63) is 0 Å². The minimum atomic E-state index is -0.978. The van der Waals surface area contributed by atoms with Gasteiger partial charge in [-0.25, -0.2) is 0 Å². The predicted octanol–water partition coefficient (Wildman–Crippen LogP) is 3.79. The van der Waals surface area contributed by atoms with E-state index in [-0.39, 0.29) is 0 Å². The summed E-state index contributed by atoms with van der Waals surface area (Å²) in [5, 5.41) is 0. The van der Waals surface area contributed by atoms with Crippen molar-refractivity contribution in [1.29, 1.82) is 0 Å². The highest BCUT2D eigenvalue weighted by molar-refractivity contribution is 7.95. The van der Waals surface area contributed by atoms with Crippen molar-refractivity contribution in [3.63, 3.8) is 0 Å². The van der Waals surface area contributed by atoms with Crippen molar-refractivity contribution < 1.29 is 0 Å². The van der Waals surface area contributed by atoms with Gasteiger partial charge in [-0.1, -0.05) is 6.92 Å². The zero-order chi connectivity index (χ0) is 11.6. The van der Waals surface area contributed by atoms with Crippen LogP contribution < -0.4 is 0 Å². The molecular formula is C11H27P3. The SMILES string of the molecule is C=P(C)(C)CP(=C)(C)CP(=C)(C)CC. The van der Waals surface area contributed by atoms with Crippen LogP contribution in [-0.2, 0) is 0 Å². The van der Waals surface area contributed by atoms with Crippen LogP contribution in [0.25, 0.3) is 0 Å². The Morgan fingerprint density at radius 2 is 1.21 bits per heavy atom. The van der Waals surface area contributed by atoms with E-state index in [0.29, 0.717) is 0 Å². The third kappa shape index (κ3) is 7.23. The molecule has 0 fully saturated rings. The molecule has 0 rings (SSSR count). The van der Waals surface area contributed by atoms with Crippen LogP contribution in [0, 0.1) is 0 Å². The molecule has 0 N–H and O–H groups in total. The van der Waals surface area contributed by atoms with Crippen molar-refractivity contribution in [2.24, 2.45) is 0 Å². The average Bonchev–Trinajstić information content (AvgIpc) is 1.78. The Morgan fingerprint density at radius 3 is 1.50 bits per heavy atom. The van der Waals surface area contributed by atoms with Crippen LogP contribution in [0.3, 0.4) is 0 Å². The molecule has 0 aromatic rings. The summed E-state index contributed by atoms with van der Waals surface area (Å²) in [6.45, 7) is 8.88. The first kappa shape index (κ1) is 14.9. The van der Waals surface area contributed by atoms with E-state index in [0.717, 1.165) is 0 Å². The van der Waals surface area contributed by atoms with E-state index in [1.165, 1.54) is 18.0 Å². The van der Waals surface area contributed by atoms with Crippen LogP contribution in [0.4, 0.5) is 0 Å². The topological polar surface area (TPSA) is 0 Å². The van der Waals surface area contributed by atoms with E-state index in [1.54, 1.807) is 0 Å². The Morgan fingerprint density at radius 1 is 0.786 bits per heavy atom. The molecule has 0 radical (unpaired) electrons. The maximum absolute atomic E-state index is 4.48. The summed E-state index contributed by atoms with van der Waals surface area (Å²) >= 11 is 0. The number of rotatable bonds is 5. The first-order valence-corrected chi connectivity index (χ1v) is 13.7. The second-order valence-corrected chi connectivity index (χ2v) is 19.0. The highest BCUT2D eigenvalue weighted by Gasteiger charge is 2.17. The molecule has 86 valence electrons. The third-order valence-corrected chi connectivity index (χ3v) is 15.0. The molecule has 14 heavy (non-hydrogen) atoms. The van der Waals surface area contributed by atoms with Gasteiger partial charge in [0.2, 0.25) is 0 Å². The first-order chi connectivity index (χ1) is 5.97. The van der Waals surface area contributed by atoms with Crippen LogP contribution >= 0.6 is 20.7 Å². The first-order valence-electron chi connectivity index (χ1n) is 5.03. The number of hydrogen-bond acceptors (Lipinski definition) is 0. The highest BCUT2D eigenvalue weighted by Crippen LogP contribution is 2.62. The lowest BCUT2D eigenvalue weighted by atomic mass is 11.0. The maximum Gasteiger partial charge on any atom is -0.0135 e. The van der Waals surface area contributed by atoms with E-state index >= 15 is 0 Å². The van der Waals surface area contributed by atoms with Crippen molar-refractivity contribution in [2.45, 2.75) is 6.92 Å². The Kier molecular flexibility index (Phi) is 5.13. The van der Waals surface area contributed by atoms with Crippen LogP contribution in [0.5, 0.6) is 0 Å². The third-order valence-electron chi connectivity index (χ3n) is 2.17. The summed E-state index contributed by atoms with van der Waals surface area (Å²) < 4.78 is 0. The fraction of sp³-hybridized carbons (Fsp3) is 0.727. The Balaban J connectivity index is 4.60. The van der Waals surface area contributed by atoms with Gasteiger partial charge < -0.3 is 0 Å². The molecule has 3 heteroatoms. The lowest BCUT2D eigenvalue weighted by Crippen LogP contribution is -1.98. The van der Waals surface area contributed by atoms with Gasteiger partial charge in [-0.15, -0.1) is 39.6 Å². The maximum atomic E-state index is 4.48. The van der Waals surface area contributed by atoms with Crippen LogP contribution in [0.2, 0.25) is 0 Å². The second-order valence-electron chi connectivity index (χ2n) is 5.77. The zero-order valence-corrected chi connectivity index (χ0v) is 13.3. The van der Waals surface area contributed by atoms with E-state index < -0.39 is 20.7 Å². The molecule has 0 aliphatic heterocycles. The molecule has 2 unspecified atom stereocenters. The molecule has 0 nitrogen and oxygen atoms in total. The van der Waals surface area contributed by atoms with Crippen LogP contribution in [0.15, 0.2) is 0 Å². The van der Waals surface area contributed by atoms with Crippen molar-refractivity contribution in [3.8, 4) is 0 Å². The molecule has 0 aromatic carbocycles. The summed E-state index contributed by atoms with van der Waals surface area (Å²) in [7, 11) is 0. The fourth-order valence-electron chi connectivity index (χ4n) is 1.89. The van der Waals surface area contributed by atoms with Crippen molar-refractivity contribution >= 4 is 39.6 Å². The minimum absolute atomic E-state index is 0.904. The van der Waals surface area contributed by atoms with Gasteiger partial charge >= 0.3 is 0 Å². The molecule has 0 heterocycles. The second kappa shape index (κ2) is 4.82. The molecule has 2 atom stereocenters. The molecule has 0 saturated carbocycles. The molecule has 0 saturated heterocycles. The lowest BCUT2D eigenvalue weighted by Gasteiger charge is -2.30. The quantitative estimate of drug-likeness (QED) is 0.653. The molecule has 0 aromatic heterocycles. The van der Waals surface area contributed by atoms with E-state index in [9.17, 15) is 0 Å². The minimum Gasteiger partial charge on any atom is -0.114 e. The van der Waals surface area contributed by atoms with Crippen molar-refractivity contribution in [2.75, 3.05) is 44.6 Å². The molecule has 0 spiro atoms. The monoisotopic (exact) mass is 252 g/mol. The van der Waals surface area contributed by atoms with Crippen LogP contribution in [0.1, 0.15) is 6.92 Å². The van der Waals surface area contributed by atoms with Crippen molar-refractivity contribution in [1.82, 2.24) is 0 Å². The molecule has 0 aliphatic rings. The molecule has 0 bridgehead atoms. The molecule has 0 aliphatic carbocycles. The summed E-state index contributed by atoms with van der Waals surface area (Å²) in [5.41, 5.74) is 0. The smallest absolute Gasteiger partial charge is 0.0135 e. The van der Waals surface area contributed by atoms with Gasteiger partial charge in [-0.05, 0) is 44.6 Å². The Labute approximate surface area is 91.4 Å². The van der Waals surface area contributed by atoms with Gasteiger partial charge in [-0.2, -0.15) is 0 Å². The molecule has 0 amide bonds. The summed E-state index contributed by atoms with van der Waals surface area (Å²) in [6.07, 6.45) is 14.4. The van der Waals surface area contributed by atoms with Crippen LogP contribution in [-0.4, -0.2) is 63.5 Å². The normalized spacial score (nSPS) is 21.2. The summed E-state index contributed by atoms with van der Waals surface area (Å²) in [5.74, 6) is 2.61. The largest absolute Gasteiger partial charge is 0.114 e. The summed E-state index contributed by atoms with van der Waals surface area (Å²) in [6, 6.07) is 0. The highest BCUT2D eigenvalue weighted by atomic mass is 31.2. The Bertz CT molecular complexity index is 319. The lowest BCUT2D eigenvalue weighted by molar-refractivity contribution is 1.48. The van der Waals surface area contributed by atoms with E-state index in [2.05, 4.69) is 52.5 Å². The Hall–Kier alpha value is 0.900. The number of hydrogen-bond donors (Lipinski definition) is 0. The predicted molar refractivity (Wildman–Crippen MR) is 86.1 cm³/mol. The van der Waals surface area contributed by atoms with Gasteiger partial charge in [0.15, 0.2) is 0 Å². The summed E-state index contributed by atoms with van der Waals surface area (Å²) in [4.78, 5) is 0. The average molecular weight is 252 g/mol. The van der Waals surface area contributed by atoms with E-state index in [4.69, 9.17) is 0 Å². The standard InChI is InChI=1S/C11H27P3/c1-9-13(5,6)11-14(7,8)10-12(2,3)4/h2,5,7,9-11H2,1,3-4,6,8H3.